The van der Waals surface area contributed by atoms with E-state index in [0.29, 0.717) is 21.8 Å². The zero-order valence-electron chi connectivity index (χ0n) is 15.6. The van der Waals surface area contributed by atoms with Crippen molar-refractivity contribution in [1.29, 1.82) is 0 Å². The van der Waals surface area contributed by atoms with Gasteiger partial charge >= 0.3 is 0 Å². The monoisotopic (exact) mass is 403 g/mol. The molecule has 1 aromatic heterocycles. The molecule has 0 atom stereocenters. The number of nitro benzene ring substituents is 1. The lowest BCUT2D eigenvalue weighted by molar-refractivity contribution is -0.384. The Bertz CT molecular complexity index is 1270. The maximum atomic E-state index is 13.3. The Labute approximate surface area is 171 Å². The second-order valence-corrected chi connectivity index (χ2v) is 7.49. The first-order valence-electron chi connectivity index (χ1n) is 8.98. The molecule has 0 fully saturated rings. The van der Waals surface area contributed by atoms with E-state index in [4.69, 9.17) is 4.98 Å². The highest BCUT2D eigenvalue weighted by Crippen LogP contribution is 2.26. The molecule has 3 aromatic carbocycles. The van der Waals surface area contributed by atoms with Gasteiger partial charge in [-0.2, -0.15) is 0 Å². The van der Waals surface area contributed by atoms with Gasteiger partial charge in [0.15, 0.2) is 5.16 Å². The van der Waals surface area contributed by atoms with Gasteiger partial charge in [-0.15, -0.1) is 0 Å². The van der Waals surface area contributed by atoms with E-state index in [-0.39, 0.29) is 11.2 Å². The lowest BCUT2D eigenvalue weighted by atomic mass is 10.2. The molecule has 0 amide bonds. The first kappa shape index (κ1) is 18.9. The molecule has 0 unspecified atom stereocenters. The minimum absolute atomic E-state index is 0.0550. The molecule has 0 radical (unpaired) electrons. The molecule has 0 saturated carbocycles. The Hall–Kier alpha value is -3.45. The van der Waals surface area contributed by atoms with Crippen molar-refractivity contribution in [3.8, 4) is 5.69 Å². The number of para-hydroxylation sites is 2. The number of hydrogen-bond donors (Lipinski definition) is 0. The van der Waals surface area contributed by atoms with Gasteiger partial charge in [-0.05, 0) is 36.2 Å². The van der Waals surface area contributed by atoms with Crippen molar-refractivity contribution in [2.45, 2.75) is 17.8 Å². The topological polar surface area (TPSA) is 78.0 Å². The second kappa shape index (κ2) is 7.89. The quantitative estimate of drug-likeness (QED) is 0.205. The molecule has 6 nitrogen and oxygen atoms in total. The zero-order valence-corrected chi connectivity index (χ0v) is 16.4. The fourth-order valence-corrected chi connectivity index (χ4v) is 4.06. The third-order valence-corrected chi connectivity index (χ3v) is 5.63. The summed E-state index contributed by atoms with van der Waals surface area (Å²) in [4.78, 5) is 28.4. The molecule has 1 heterocycles. The van der Waals surface area contributed by atoms with Crippen molar-refractivity contribution in [3.05, 3.63) is 104 Å². The van der Waals surface area contributed by atoms with Gasteiger partial charge in [-0.3, -0.25) is 19.5 Å². The van der Waals surface area contributed by atoms with Gasteiger partial charge < -0.3 is 0 Å². The van der Waals surface area contributed by atoms with Crippen LogP contribution in [0.1, 0.15) is 11.1 Å². The number of rotatable bonds is 5. The Morgan fingerprint density at radius 3 is 2.41 bits per heavy atom. The predicted molar refractivity (Wildman–Crippen MR) is 115 cm³/mol. The van der Waals surface area contributed by atoms with Crippen LogP contribution >= 0.6 is 11.8 Å². The average Bonchev–Trinajstić information content (AvgIpc) is 2.73. The van der Waals surface area contributed by atoms with Crippen molar-refractivity contribution in [1.82, 2.24) is 9.55 Å². The number of hydrogen-bond acceptors (Lipinski definition) is 5. The van der Waals surface area contributed by atoms with E-state index >= 15 is 0 Å². The number of thioether (sulfide) groups is 1. The van der Waals surface area contributed by atoms with Crippen LogP contribution in [0.5, 0.6) is 0 Å². The van der Waals surface area contributed by atoms with Crippen LogP contribution in [0.15, 0.2) is 82.7 Å². The van der Waals surface area contributed by atoms with Gasteiger partial charge in [0.1, 0.15) is 0 Å². The van der Waals surface area contributed by atoms with Gasteiger partial charge in [0.2, 0.25) is 0 Å². The Kier molecular flexibility index (Phi) is 5.14. The molecule has 0 aliphatic carbocycles. The summed E-state index contributed by atoms with van der Waals surface area (Å²) < 4.78 is 1.65. The maximum Gasteiger partial charge on any atom is 0.269 e. The molecule has 0 N–H and O–H groups in total. The van der Waals surface area contributed by atoms with E-state index in [1.54, 1.807) is 22.8 Å². The smallest absolute Gasteiger partial charge is 0.268 e. The maximum absolute atomic E-state index is 13.3. The van der Waals surface area contributed by atoms with E-state index in [0.717, 1.165) is 16.8 Å². The van der Waals surface area contributed by atoms with Crippen LogP contribution in [0.3, 0.4) is 0 Å². The van der Waals surface area contributed by atoms with Gasteiger partial charge in [0.05, 0.1) is 21.5 Å². The molecule has 7 heteroatoms. The summed E-state index contributed by atoms with van der Waals surface area (Å²) in [6.07, 6.45) is 0. The number of aryl methyl sites for hydroxylation is 1. The molecule has 0 aliphatic heterocycles. The van der Waals surface area contributed by atoms with Crippen LogP contribution in [-0.2, 0) is 5.75 Å². The number of benzene rings is 3. The molecule has 0 bridgehead atoms. The molecule has 0 aliphatic rings. The summed E-state index contributed by atoms with van der Waals surface area (Å²) in [5.74, 6) is 0.536. The van der Waals surface area contributed by atoms with E-state index in [2.05, 4.69) is 0 Å². The first-order chi connectivity index (χ1) is 14.0. The van der Waals surface area contributed by atoms with Crippen molar-refractivity contribution in [2.24, 2.45) is 0 Å². The first-order valence-corrected chi connectivity index (χ1v) is 9.97. The molecular weight excluding hydrogens is 386 g/mol. The SMILES string of the molecule is Cc1ccccc1-n1c(SCc2ccc([N+](=O)[O-])cc2)nc2ccccc2c1=O. The summed E-state index contributed by atoms with van der Waals surface area (Å²) in [5.41, 5.74) is 3.27. The molecule has 0 spiro atoms. The van der Waals surface area contributed by atoms with Gasteiger partial charge in [0, 0.05) is 17.9 Å². The summed E-state index contributed by atoms with van der Waals surface area (Å²) in [6, 6.07) is 21.4. The summed E-state index contributed by atoms with van der Waals surface area (Å²) in [7, 11) is 0. The van der Waals surface area contributed by atoms with Gasteiger partial charge in [-0.25, -0.2) is 4.98 Å². The summed E-state index contributed by atoms with van der Waals surface area (Å²) >= 11 is 1.43. The predicted octanol–water partition coefficient (Wildman–Crippen LogP) is 4.89. The Balaban J connectivity index is 1.78. The normalized spacial score (nSPS) is 10.9. The number of aromatic nitrogens is 2. The Morgan fingerprint density at radius 1 is 1.00 bits per heavy atom. The van der Waals surface area contributed by atoms with Crippen LogP contribution in [0.25, 0.3) is 16.6 Å². The van der Waals surface area contributed by atoms with Crippen LogP contribution in [0.4, 0.5) is 5.69 Å². The second-order valence-electron chi connectivity index (χ2n) is 6.55. The average molecular weight is 403 g/mol. The number of nitrogens with zero attached hydrogens (tertiary/aromatic N) is 3. The molecule has 0 saturated heterocycles. The standard InChI is InChI=1S/C22H17N3O3S/c1-15-6-2-5-9-20(15)24-21(26)18-7-3-4-8-19(18)23-22(24)29-14-16-10-12-17(13-11-16)25(27)28/h2-13H,14H2,1H3. The highest BCUT2D eigenvalue weighted by molar-refractivity contribution is 7.98. The third-order valence-electron chi connectivity index (χ3n) is 4.62. The number of non-ortho nitro benzene ring substituents is 1. The largest absolute Gasteiger partial charge is 0.269 e. The van der Waals surface area contributed by atoms with E-state index in [1.807, 2.05) is 49.4 Å². The van der Waals surface area contributed by atoms with Crippen LogP contribution in [-0.4, -0.2) is 14.5 Å². The minimum Gasteiger partial charge on any atom is -0.268 e. The molecule has 4 aromatic rings. The fourth-order valence-electron chi connectivity index (χ4n) is 3.10. The fraction of sp³-hybridized carbons (Fsp3) is 0.0909. The number of nitro groups is 1. The number of fused-ring (bicyclic) bond motifs is 1. The summed E-state index contributed by atoms with van der Waals surface area (Å²) in [6.45, 7) is 1.96. The highest BCUT2D eigenvalue weighted by atomic mass is 32.2. The highest BCUT2D eigenvalue weighted by Gasteiger charge is 2.15. The van der Waals surface area contributed by atoms with E-state index in [1.165, 1.54) is 23.9 Å². The summed E-state index contributed by atoms with van der Waals surface area (Å²) in [5, 5.41) is 12.0. The van der Waals surface area contributed by atoms with Crippen LogP contribution < -0.4 is 5.56 Å². The van der Waals surface area contributed by atoms with Gasteiger partial charge in [0.25, 0.3) is 11.2 Å². The molecular formula is C22H17N3O3S. The lowest BCUT2D eigenvalue weighted by Crippen LogP contribution is -2.22. The van der Waals surface area contributed by atoms with E-state index in [9.17, 15) is 14.9 Å². The minimum atomic E-state index is -0.419. The molecule has 29 heavy (non-hydrogen) atoms. The third kappa shape index (κ3) is 3.77. The van der Waals surface area contributed by atoms with Crippen LogP contribution in [0.2, 0.25) is 0 Å². The van der Waals surface area contributed by atoms with E-state index < -0.39 is 4.92 Å². The van der Waals surface area contributed by atoms with Gasteiger partial charge in [-0.1, -0.05) is 54.2 Å². The zero-order chi connectivity index (χ0) is 20.4. The van der Waals surface area contributed by atoms with Crippen molar-refractivity contribution in [2.75, 3.05) is 0 Å². The molecule has 4 rings (SSSR count). The Morgan fingerprint density at radius 2 is 1.69 bits per heavy atom. The van der Waals surface area contributed by atoms with Crippen LogP contribution in [0, 0.1) is 17.0 Å². The lowest BCUT2D eigenvalue weighted by Gasteiger charge is -2.15. The van der Waals surface area contributed by atoms with Crippen molar-refractivity contribution >= 4 is 28.4 Å². The van der Waals surface area contributed by atoms with Crippen molar-refractivity contribution < 1.29 is 4.92 Å². The van der Waals surface area contributed by atoms with Crippen molar-refractivity contribution in [3.63, 3.8) is 0 Å². The molecule has 144 valence electrons.